The highest BCUT2D eigenvalue weighted by Gasteiger charge is 2.35. The van der Waals surface area contributed by atoms with Crippen molar-refractivity contribution in [3.05, 3.63) is 59.1 Å². The second-order valence-electron chi connectivity index (χ2n) is 6.23. The summed E-state index contributed by atoms with van der Waals surface area (Å²) in [6.07, 6.45) is 0.552. The molecule has 1 N–H and O–H groups in total. The van der Waals surface area contributed by atoms with E-state index in [0.717, 1.165) is 5.56 Å². The van der Waals surface area contributed by atoms with E-state index in [4.69, 9.17) is 16.3 Å². The monoisotopic (exact) mass is 351 g/mol. The molecule has 0 fully saturated rings. The maximum atomic E-state index is 12.6. The second kappa shape index (κ2) is 5.82. The summed E-state index contributed by atoms with van der Waals surface area (Å²) in [5.41, 5.74) is 0.408. The standard InChI is InChI=1S/C17H18ClNO3S/c1-17(2)11-15(14-5-3-4-6-16(14)22-17)19-23(20,21)13-9-7-12(18)8-10-13/h3-10,15,19H,11H2,1-2H3/t15-/m0/s1. The van der Waals surface area contributed by atoms with Gasteiger partial charge >= 0.3 is 0 Å². The van der Waals surface area contributed by atoms with Crippen LogP contribution in [0.4, 0.5) is 0 Å². The number of nitrogens with one attached hydrogen (secondary N) is 1. The van der Waals surface area contributed by atoms with E-state index < -0.39 is 15.6 Å². The molecule has 0 spiro atoms. The lowest BCUT2D eigenvalue weighted by Gasteiger charge is -2.37. The van der Waals surface area contributed by atoms with Crippen molar-refractivity contribution >= 4 is 21.6 Å². The minimum atomic E-state index is -3.63. The number of ether oxygens (including phenoxy) is 1. The molecule has 6 heteroatoms. The first-order valence-corrected chi connectivity index (χ1v) is 9.19. The topological polar surface area (TPSA) is 55.4 Å². The molecule has 2 aromatic rings. The molecule has 1 aliphatic heterocycles. The smallest absolute Gasteiger partial charge is 0.241 e. The van der Waals surface area contributed by atoms with Crippen LogP contribution in [0, 0.1) is 0 Å². The predicted molar refractivity (Wildman–Crippen MR) is 90.3 cm³/mol. The van der Waals surface area contributed by atoms with Gasteiger partial charge in [0.05, 0.1) is 10.9 Å². The van der Waals surface area contributed by atoms with E-state index in [1.807, 2.05) is 38.1 Å². The van der Waals surface area contributed by atoms with Crippen molar-refractivity contribution in [2.45, 2.75) is 36.8 Å². The third-order valence-corrected chi connectivity index (χ3v) is 5.54. The molecule has 2 aromatic carbocycles. The molecule has 0 saturated heterocycles. The van der Waals surface area contributed by atoms with Crippen molar-refractivity contribution in [2.24, 2.45) is 0 Å². The molecule has 0 amide bonds. The van der Waals surface area contributed by atoms with Crippen LogP contribution in [0.25, 0.3) is 0 Å². The molecule has 23 heavy (non-hydrogen) atoms. The quantitative estimate of drug-likeness (QED) is 0.911. The van der Waals surface area contributed by atoms with Gasteiger partial charge in [-0.2, -0.15) is 0 Å². The van der Waals surface area contributed by atoms with Crippen molar-refractivity contribution in [3.8, 4) is 5.75 Å². The number of sulfonamides is 1. The van der Waals surface area contributed by atoms with E-state index in [1.165, 1.54) is 12.1 Å². The molecule has 122 valence electrons. The van der Waals surface area contributed by atoms with Crippen molar-refractivity contribution in [3.63, 3.8) is 0 Å². The van der Waals surface area contributed by atoms with Gasteiger partial charge in [0, 0.05) is 17.0 Å². The third kappa shape index (κ3) is 3.52. The number of benzene rings is 2. The van der Waals surface area contributed by atoms with Crippen LogP contribution in [0.5, 0.6) is 5.75 Å². The molecule has 4 nitrogen and oxygen atoms in total. The van der Waals surface area contributed by atoms with Gasteiger partial charge in [-0.05, 0) is 44.2 Å². The molecule has 0 bridgehead atoms. The van der Waals surface area contributed by atoms with Crippen molar-refractivity contribution < 1.29 is 13.2 Å². The normalized spacial score (nSPS) is 19.7. The number of rotatable bonds is 3. The van der Waals surface area contributed by atoms with Crippen LogP contribution in [0.2, 0.25) is 5.02 Å². The fourth-order valence-corrected chi connectivity index (χ4v) is 4.12. The van der Waals surface area contributed by atoms with Gasteiger partial charge in [0.1, 0.15) is 11.4 Å². The lowest BCUT2D eigenvalue weighted by atomic mass is 9.90. The molecular weight excluding hydrogens is 334 g/mol. The average Bonchev–Trinajstić information content (AvgIpc) is 2.46. The van der Waals surface area contributed by atoms with Crippen molar-refractivity contribution in [1.29, 1.82) is 0 Å². The molecule has 0 unspecified atom stereocenters. The highest BCUT2D eigenvalue weighted by Crippen LogP contribution is 2.39. The van der Waals surface area contributed by atoms with Gasteiger partial charge in [0.15, 0.2) is 0 Å². The van der Waals surface area contributed by atoms with Crippen LogP contribution in [-0.2, 0) is 10.0 Å². The number of fused-ring (bicyclic) bond motifs is 1. The Morgan fingerprint density at radius 2 is 1.78 bits per heavy atom. The van der Waals surface area contributed by atoms with E-state index in [2.05, 4.69) is 4.72 Å². The van der Waals surface area contributed by atoms with E-state index in [0.29, 0.717) is 17.2 Å². The molecule has 3 rings (SSSR count). The fourth-order valence-electron chi connectivity index (χ4n) is 2.78. The second-order valence-corrected chi connectivity index (χ2v) is 8.38. The first-order valence-electron chi connectivity index (χ1n) is 7.33. The maximum absolute atomic E-state index is 12.6. The van der Waals surface area contributed by atoms with Gasteiger partial charge in [-0.15, -0.1) is 0 Å². The number of para-hydroxylation sites is 1. The Bertz CT molecular complexity index is 816. The van der Waals surface area contributed by atoms with E-state index >= 15 is 0 Å². The Hall–Kier alpha value is -1.56. The van der Waals surface area contributed by atoms with Gasteiger partial charge in [-0.25, -0.2) is 13.1 Å². The molecule has 1 atom stereocenters. The third-order valence-electron chi connectivity index (χ3n) is 3.80. The predicted octanol–water partition coefficient (Wildman–Crippen LogP) is 3.92. The van der Waals surface area contributed by atoms with Crippen LogP contribution in [-0.4, -0.2) is 14.0 Å². The summed E-state index contributed by atoms with van der Waals surface area (Å²) in [6, 6.07) is 13.3. The largest absolute Gasteiger partial charge is 0.487 e. The van der Waals surface area contributed by atoms with Gasteiger partial charge in [-0.3, -0.25) is 0 Å². The lowest BCUT2D eigenvalue weighted by molar-refractivity contribution is 0.0702. The molecule has 1 aliphatic rings. The summed E-state index contributed by atoms with van der Waals surface area (Å²) in [7, 11) is -3.63. The van der Waals surface area contributed by atoms with Gasteiger partial charge in [-0.1, -0.05) is 29.8 Å². The summed E-state index contributed by atoms with van der Waals surface area (Å²) in [4.78, 5) is 0.198. The minimum Gasteiger partial charge on any atom is -0.487 e. The molecule has 0 saturated carbocycles. The first kappa shape index (κ1) is 16.3. The summed E-state index contributed by atoms with van der Waals surface area (Å²) >= 11 is 5.83. The number of halogens is 1. The average molecular weight is 352 g/mol. The maximum Gasteiger partial charge on any atom is 0.241 e. The molecular formula is C17H18ClNO3S. The minimum absolute atomic E-state index is 0.198. The Balaban J connectivity index is 1.94. The van der Waals surface area contributed by atoms with Gasteiger partial charge < -0.3 is 4.74 Å². The summed E-state index contributed by atoms with van der Waals surface area (Å²) in [6.45, 7) is 3.90. The molecule has 0 aromatic heterocycles. The van der Waals surface area contributed by atoms with Crippen molar-refractivity contribution in [1.82, 2.24) is 4.72 Å². The Kier molecular flexibility index (Phi) is 4.12. The van der Waals surface area contributed by atoms with Gasteiger partial charge in [0.25, 0.3) is 0 Å². The molecule has 0 radical (unpaired) electrons. The van der Waals surface area contributed by atoms with E-state index in [9.17, 15) is 8.42 Å². The van der Waals surface area contributed by atoms with E-state index in [1.54, 1.807) is 12.1 Å². The van der Waals surface area contributed by atoms with Crippen LogP contribution in [0.1, 0.15) is 31.9 Å². The zero-order valence-electron chi connectivity index (χ0n) is 12.9. The summed E-state index contributed by atoms with van der Waals surface area (Å²) in [5, 5.41) is 0.501. The van der Waals surface area contributed by atoms with Crippen LogP contribution in [0.15, 0.2) is 53.4 Å². The Labute approximate surface area is 141 Å². The van der Waals surface area contributed by atoms with Crippen LogP contribution < -0.4 is 9.46 Å². The highest BCUT2D eigenvalue weighted by molar-refractivity contribution is 7.89. The van der Waals surface area contributed by atoms with Crippen molar-refractivity contribution in [2.75, 3.05) is 0 Å². The summed E-state index contributed by atoms with van der Waals surface area (Å²) in [5.74, 6) is 0.715. The molecule has 0 aliphatic carbocycles. The summed E-state index contributed by atoms with van der Waals surface area (Å²) < 4.78 is 34.0. The highest BCUT2D eigenvalue weighted by atomic mass is 35.5. The SMILES string of the molecule is CC1(C)C[C@H](NS(=O)(=O)c2ccc(Cl)cc2)c2ccccc2O1. The zero-order chi connectivity index (χ0) is 16.7. The zero-order valence-corrected chi connectivity index (χ0v) is 14.5. The fraction of sp³-hybridized carbons (Fsp3) is 0.294. The Morgan fingerprint density at radius 3 is 2.48 bits per heavy atom. The Morgan fingerprint density at radius 1 is 1.13 bits per heavy atom. The first-order chi connectivity index (χ1) is 10.8. The van der Waals surface area contributed by atoms with E-state index in [-0.39, 0.29) is 10.9 Å². The molecule has 1 heterocycles. The number of hydrogen-bond donors (Lipinski definition) is 1. The lowest BCUT2D eigenvalue weighted by Crippen LogP contribution is -2.41. The van der Waals surface area contributed by atoms with Crippen LogP contribution in [0.3, 0.4) is 0 Å². The van der Waals surface area contributed by atoms with Gasteiger partial charge in [0.2, 0.25) is 10.0 Å². The number of hydrogen-bond acceptors (Lipinski definition) is 3. The van der Waals surface area contributed by atoms with Crippen LogP contribution >= 0.6 is 11.6 Å².